The van der Waals surface area contributed by atoms with E-state index in [1.165, 1.54) is 17.1 Å². The van der Waals surface area contributed by atoms with Crippen LogP contribution >= 0.6 is 0 Å². The minimum absolute atomic E-state index is 0.132. The predicted molar refractivity (Wildman–Crippen MR) is 57.0 cm³/mol. The zero-order valence-corrected chi connectivity index (χ0v) is 9.32. The Hall–Kier alpha value is -1.12. The Balaban J connectivity index is 2.02. The van der Waals surface area contributed by atoms with Gasteiger partial charge in [0.25, 0.3) is 11.8 Å². The summed E-state index contributed by atoms with van der Waals surface area (Å²) in [6.07, 6.45) is 6.84. The molecule has 0 spiro atoms. The molecule has 0 unspecified atom stereocenters. The number of hydrogen-bond donors (Lipinski definition) is 0. The molecule has 0 aromatic rings. The third-order valence-electron chi connectivity index (χ3n) is 3.52. The van der Waals surface area contributed by atoms with Crippen molar-refractivity contribution < 1.29 is 9.59 Å². The summed E-state index contributed by atoms with van der Waals surface area (Å²) < 4.78 is 0. The van der Waals surface area contributed by atoms with Gasteiger partial charge in [-0.3, -0.25) is 14.5 Å². The molecule has 1 aliphatic carbocycles. The highest BCUT2D eigenvalue weighted by Gasteiger charge is 2.35. The van der Waals surface area contributed by atoms with Crippen molar-refractivity contribution in [1.82, 2.24) is 4.90 Å². The van der Waals surface area contributed by atoms with Gasteiger partial charge in [0.15, 0.2) is 0 Å². The largest absolute Gasteiger partial charge is 0.272 e. The highest BCUT2D eigenvalue weighted by molar-refractivity contribution is 6.13. The van der Waals surface area contributed by atoms with Gasteiger partial charge in [0, 0.05) is 18.2 Å². The zero-order chi connectivity index (χ0) is 11.1. The van der Waals surface area contributed by atoms with E-state index in [-0.39, 0.29) is 17.9 Å². The van der Waals surface area contributed by atoms with Crippen molar-refractivity contribution in [2.45, 2.75) is 45.6 Å². The molecule has 3 nitrogen and oxygen atoms in total. The molecule has 0 radical (unpaired) electrons. The van der Waals surface area contributed by atoms with Gasteiger partial charge in [0.2, 0.25) is 0 Å². The van der Waals surface area contributed by atoms with Crippen LogP contribution in [0, 0.1) is 5.41 Å². The van der Waals surface area contributed by atoms with Crippen molar-refractivity contribution in [3.05, 3.63) is 12.2 Å². The molecule has 0 aromatic heterocycles. The van der Waals surface area contributed by atoms with Gasteiger partial charge < -0.3 is 0 Å². The second kappa shape index (κ2) is 3.47. The molecule has 2 amide bonds. The molecule has 0 aromatic carbocycles. The number of nitrogens with zero attached hydrogens (tertiary/aromatic N) is 1. The summed E-state index contributed by atoms with van der Waals surface area (Å²) in [5.41, 5.74) is 0.371. The monoisotopic (exact) mass is 207 g/mol. The average molecular weight is 207 g/mol. The Morgan fingerprint density at radius 3 is 2.07 bits per heavy atom. The summed E-state index contributed by atoms with van der Waals surface area (Å²) >= 11 is 0. The summed E-state index contributed by atoms with van der Waals surface area (Å²) in [6.45, 7) is 4.49. The van der Waals surface area contributed by atoms with Crippen LogP contribution in [0.25, 0.3) is 0 Å². The first-order valence-corrected chi connectivity index (χ1v) is 5.55. The van der Waals surface area contributed by atoms with Gasteiger partial charge in [-0.05, 0) is 31.1 Å². The Labute approximate surface area is 90.1 Å². The standard InChI is InChI=1S/C12H17NO2/c1-12(2)7-5-9(6-8-12)13-10(14)3-4-11(13)15/h3-4,9H,5-8H2,1-2H3. The molecule has 82 valence electrons. The lowest BCUT2D eigenvalue weighted by atomic mass is 9.75. The first kappa shape index (κ1) is 10.4. The van der Waals surface area contributed by atoms with Gasteiger partial charge in [0.05, 0.1) is 0 Å². The fraction of sp³-hybridized carbons (Fsp3) is 0.667. The van der Waals surface area contributed by atoms with E-state index in [4.69, 9.17) is 0 Å². The van der Waals surface area contributed by atoms with Crippen LogP contribution in [0.2, 0.25) is 0 Å². The molecule has 3 heteroatoms. The molecule has 1 saturated carbocycles. The van der Waals surface area contributed by atoms with Crippen LogP contribution in [0.1, 0.15) is 39.5 Å². The summed E-state index contributed by atoms with van der Waals surface area (Å²) in [4.78, 5) is 24.4. The van der Waals surface area contributed by atoms with Crippen molar-refractivity contribution in [3.63, 3.8) is 0 Å². The Morgan fingerprint density at radius 2 is 1.60 bits per heavy atom. The van der Waals surface area contributed by atoms with E-state index < -0.39 is 0 Å². The van der Waals surface area contributed by atoms with Crippen LogP contribution < -0.4 is 0 Å². The lowest BCUT2D eigenvalue weighted by molar-refractivity contribution is -0.140. The van der Waals surface area contributed by atoms with E-state index >= 15 is 0 Å². The maximum atomic E-state index is 11.5. The van der Waals surface area contributed by atoms with Crippen molar-refractivity contribution in [2.75, 3.05) is 0 Å². The summed E-state index contributed by atoms with van der Waals surface area (Å²) in [5.74, 6) is -0.269. The molecular weight excluding hydrogens is 190 g/mol. The molecule has 2 rings (SSSR count). The third kappa shape index (κ3) is 1.96. The number of carbonyl (C=O) groups excluding carboxylic acids is 2. The topological polar surface area (TPSA) is 37.4 Å². The van der Waals surface area contributed by atoms with E-state index in [1.54, 1.807) is 0 Å². The van der Waals surface area contributed by atoms with E-state index in [1.807, 2.05) is 0 Å². The molecule has 2 aliphatic rings. The summed E-state index contributed by atoms with van der Waals surface area (Å²) in [5, 5.41) is 0. The Morgan fingerprint density at radius 1 is 1.13 bits per heavy atom. The lowest BCUT2D eigenvalue weighted by Gasteiger charge is -2.37. The smallest absolute Gasteiger partial charge is 0.253 e. The van der Waals surface area contributed by atoms with Gasteiger partial charge in [-0.1, -0.05) is 13.8 Å². The van der Waals surface area contributed by atoms with E-state index in [0.29, 0.717) is 5.41 Å². The molecule has 1 fully saturated rings. The summed E-state index contributed by atoms with van der Waals surface area (Å²) in [6, 6.07) is 0.132. The minimum Gasteiger partial charge on any atom is -0.272 e. The van der Waals surface area contributed by atoms with Crippen molar-refractivity contribution >= 4 is 11.8 Å². The van der Waals surface area contributed by atoms with Gasteiger partial charge in [-0.25, -0.2) is 0 Å². The van der Waals surface area contributed by atoms with Crippen LogP contribution in [-0.4, -0.2) is 22.8 Å². The predicted octanol–water partition coefficient (Wildman–Crippen LogP) is 1.88. The fourth-order valence-corrected chi connectivity index (χ4v) is 2.41. The normalized spacial score (nSPS) is 26.4. The maximum Gasteiger partial charge on any atom is 0.253 e. The molecule has 15 heavy (non-hydrogen) atoms. The first-order chi connectivity index (χ1) is 6.99. The van der Waals surface area contributed by atoms with E-state index in [2.05, 4.69) is 13.8 Å². The van der Waals surface area contributed by atoms with Crippen LogP contribution in [0.15, 0.2) is 12.2 Å². The van der Waals surface area contributed by atoms with Crippen molar-refractivity contribution in [2.24, 2.45) is 5.41 Å². The van der Waals surface area contributed by atoms with E-state index in [9.17, 15) is 9.59 Å². The Bertz CT molecular complexity index is 303. The number of imide groups is 1. The quantitative estimate of drug-likeness (QED) is 0.616. The van der Waals surface area contributed by atoms with Gasteiger partial charge in [-0.2, -0.15) is 0 Å². The SMILES string of the molecule is CC1(C)CCC(N2C(=O)C=CC2=O)CC1. The number of hydrogen-bond acceptors (Lipinski definition) is 2. The minimum atomic E-state index is -0.135. The Kier molecular flexibility index (Phi) is 2.41. The molecular formula is C12H17NO2. The molecule has 1 heterocycles. The van der Waals surface area contributed by atoms with Crippen LogP contribution in [0.4, 0.5) is 0 Å². The highest BCUT2D eigenvalue weighted by Crippen LogP contribution is 2.37. The second-order valence-electron chi connectivity index (χ2n) is 5.28. The second-order valence-corrected chi connectivity index (χ2v) is 5.28. The molecule has 1 aliphatic heterocycles. The van der Waals surface area contributed by atoms with Crippen molar-refractivity contribution in [1.29, 1.82) is 0 Å². The number of amides is 2. The van der Waals surface area contributed by atoms with Gasteiger partial charge in [-0.15, -0.1) is 0 Å². The third-order valence-corrected chi connectivity index (χ3v) is 3.52. The highest BCUT2D eigenvalue weighted by atomic mass is 16.2. The van der Waals surface area contributed by atoms with E-state index in [0.717, 1.165) is 25.7 Å². The maximum absolute atomic E-state index is 11.5. The zero-order valence-electron chi connectivity index (χ0n) is 9.32. The van der Waals surface area contributed by atoms with Gasteiger partial charge in [0.1, 0.15) is 0 Å². The molecule has 0 saturated heterocycles. The van der Waals surface area contributed by atoms with Gasteiger partial charge >= 0.3 is 0 Å². The fourth-order valence-electron chi connectivity index (χ4n) is 2.41. The lowest BCUT2D eigenvalue weighted by Crippen LogP contribution is -2.43. The van der Waals surface area contributed by atoms with Crippen LogP contribution in [-0.2, 0) is 9.59 Å². The molecule has 0 bridgehead atoms. The van der Waals surface area contributed by atoms with Crippen LogP contribution in [0.5, 0.6) is 0 Å². The molecule has 0 N–H and O–H groups in total. The average Bonchev–Trinajstić information content (AvgIpc) is 2.48. The molecule has 0 atom stereocenters. The number of rotatable bonds is 1. The first-order valence-electron chi connectivity index (χ1n) is 5.55. The summed E-state index contributed by atoms with van der Waals surface area (Å²) in [7, 11) is 0. The van der Waals surface area contributed by atoms with Crippen LogP contribution in [0.3, 0.4) is 0 Å². The number of carbonyl (C=O) groups is 2. The van der Waals surface area contributed by atoms with Crippen molar-refractivity contribution in [3.8, 4) is 0 Å².